The van der Waals surface area contributed by atoms with Crippen LogP contribution in [-0.4, -0.2) is 16.0 Å². The van der Waals surface area contributed by atoms with Gasteiger partial charge in [-0.3, -0.25) is 0 Å². The van der Waals surface area contributed by atoms with Crippen molar-refractivity contribution in [3.63, 3.8) is 0 Å². The highest BCUT2D eigenvalue weighted by molar-refractivity contribution is 6.30. The van der Waals surface area contributed by atoms with E-state index in [0.717, 1.165) is 36.0 Å². The molecule has 0 spiro atoms. The molecule has 100 valence electrons. The fourth-order valence-electron chi connectivity index (χ4n) is 2.28. The minimum Gasteiger partial charge on any atom is -0.367 e. The summed E-state index contributed by atoms with van der Waals surface area (Å²) >= 11 is 6.17. The third-order valence-electron chi connectivity index (χ3n) is 3.83. The van der Waals surface area contributed by atoms with Crippen molar-refractivity contribution >= 4 is 17.4 Å². The number of aromatic nitrogens is 2. The molecule has 18 heavy (non-hydrogen) atoms. The van der Waals surface area contributed by atoms with Crippen molar-refractivity contribution in [3.8, 4) is 0 Å². The zero-order valence-electron chi connectivity index (χ0n) is 11.5. The van der Waals surface area contributed by atoms with Crippen LogP contribution in [0.1, 0.15) is 50.9 Å². The molecule has 1 aromatic rings. The van der Waals surface area contributed by atoms with Crippen molar-refractivity contribution in [2.45, 2.75) is 58.9 Å². The van der Waals surface area contributed by atoms with Crippen LogP contribution in [0.15, 0.2) is 0 Å². The van der Waals surface area contributed by atoms with Crippen LogP contribution < -0.4 is 5.32 Å². The molecule has 1 atom stereocenters. The molecule has 1 unspecified atom stereocenters. The number of anilines is 1. The van der Waals surface area contributed by atoms with Crippen LogP contribution >= 0.6 is 11.6 Å². The molecule has 0 aromatic carbocycles. The molecule has 1 saturated carbocycles. The van der Waals surface area contributed by atoms with Gasteiger partial charge in [-0.05, 0) is 39.0 Å². The first-order valence-corrected chi connectivity index (χ1v) is 7.29. The molecule has 0 radical (unpaired) electrons. The lowest BCUT2D eigenvalue weighted by Crippen LogP contribution is -2.31. The van der Waals surface area contributed by atoms with E-state index in [1.165, 1.54) is 19.3 Å². The molecule has 1 aliphatic carbocycles. The number of nitrogens with zero attached hydrogens (tertiary/aromatic N) is 2. The normalized spacial score (nSPS) is 17.3. The molecule has 2 rings (SSSR count). The van der Waals surface area contributed by atoms with Crippen molar-refractivity contribution < 1.29 is 0 Å². The van der Waals surface area contributed by atoms with Gasteiger partial charge in [-0.15, -0.1) is 0 Å². The van der Waals surface area contributed by atoms with Crippen LogP contribution in [0.2, 0.25) is 5.15 Å². The van der Waals surface area contributed by atoms with Crippen LogP contribution in [-0.2, 0) is 6.42 Å². The molecule has 1 aromatic heterocycles. The lowest BCUT2D eigenvalue weighted by atomic mass is 9.80. The Morgan fingerprint density at radius 1 is 1.39 bits per heavy atom. The summed E-state index contributed by atoms with van der Waals surface area (Å²) in [6.45, 7) is 6.34. The number of rotatable bonds is 5. The predicted octanol–water partition coefficient (Wildman–Crippen LogP) is 3.99. The molecule has 0 amide bonds. The highest BCUT2D eigenvalue weighted by Crippen LogP contribution is 2.31. The van der Waals surface area contributed by atoms with Crippen LogP contribution in [0.3, 0.4) is 0 Å². The molecule has 1 heterocycles. The van der Waals surface area contributed by atoms with Gasteiger partial charge in [0.15, 0.2) is 0 Å². The van der Waals surface area contributed by atoms with Crippen LogP contribution in [0, 0.1) is 12.8 Å². The third-order valence-corrected chi connectivity index (χ3v) is 4.20. The summed E-state index contributed by atoms with van der Waals surface area (Å²) in [5.41, 5.74) is 0.961. The van der Waals surface area contributed by atoms with Gasteiger partial charge < -0.3 is 5.32 Å². The van der Waals surface area contributed by atoms with Gasteiger partial charge in [-0.1, -0.05) is 24.9 Å². The summed E-state index contributed by atoms with van der Waals surface area (Å²) in [6.07, 6.45) is 5.94. The maximum Gasteiger partial charge on any atom is 0.137 e. The topological polar surface area (TPSA) is 37.8 Å². The van der Waals surface area contributed by atoms with E-state index in [1.807, 2.05) is 6.92 Å². The number of halogens is 1. The van der Waals surface area contributed by atoms with Crippen molar-refractivity contribution in [1.82, 2.24) is 9.97 Å². The summed E-state index contributed by atoms with van der Waals surface area (Å²) in [5, 5.41) is 4.10. The predicted molar refractivity (Wildman–Crippen MR) is 76.2 cm³/mol. The second-order valence-electron chi connectivity index (χ2n) is 5.28. The summed E-state index contributed by atoms with van der Waals surface area (Å²) in [7, 11) is 0. The summed E-state index contributed by atoms with van der Waals surface area (Å²) in [5.74, 6) is 2.54. The number of aryl methyl sites for hydroxylation is 1. The molecule has 1 aliphatic rings. The van der Waals surface area contributed by atoms with Gasteiger partial charge >= 0.3 is 0 Å². The van der Waals surface area contributed by atoms with E-state index in [9.17, 15) is 0 Å². The van der Waals surface area contributed by atoms with Crippen molar-refractivity contribution in [3.05, 3.63) is 16.5 Å². The van der Waals surface area contributed by atoms with E-state index in [4.69, 9.17) is 11.6 Å². The van der Waals surface area contributed by atoms with E-state index in [0.29, 0.717) is 11.2 Å². The standard InChI is InChI=1S/C14H22ClN3/c1-4-6-12-17-13(15)9(2)14(18-12)16-10(3)11-7-5-8-11/h10-11H,4-8H2,1-3H3,(H,16,17,18). The van der Waals surface area contributed by atoms with Crippen molar-refractivity contribution in [2.75, 3.05) is 5.32 Å². The Kier molecular flexibility index (Phi) is 4.44. The summed E-state index contributed by atoms with van der Waals surface area (Å²) < 4.78 is 0. The number of hydrogen-bond acceptors (Lipinski definition) is 3. The van der Waals surface area contributed by atoms with Gasteiger partial charge in [0.2, 0.25) is 0 Å². The molecule has 0 saturated heterocycles. The van der Waals surface area contributed by atoms with E-state index >= 15 is 0 Å². The average molecular weight is 268 g/mol. The smallest absolute Gasteiger partial charge is 0.137 e. The first-order chi connectivity index (χ1) is 8.61. The maximum absolute atomic E-state index is 6.17. The van der Waals surface area contributed by atoms with Gasteiger partial charge in [0, 0.05) is 18.0 Å². The Balaban J connectivity index is 2.14. The summed E-state index contributed by atoms with van der Waals surface area (Å²) in [4.78, 5) is 8.92. The van der Waals surface area contributed by atoms with Gasteiger partial charge in [0.05, 0.1) is 0 Å². The van der Waals surface area contributed by atoms with Gasteiger partial charge in [-0.25, -0.2) is 9.97 Å². The Labute approximate surface area is 114 Å². The Hall–Kier alpha value is -0.830. The van der Waals surface area contributed by atoms with Gasteiger partial charge in [0.25, 0.3) is 0 Å². The minimum atomic E-state index is 0.470. The van der Waals surface area contributed by atoms with Gasteiger partial charge in [-0.2, -0.15) is 0 Å². The van der Waals surface area contributed by atoms with Crippen molar-refractivity contribution in [1.29, 1.82) is 0 Å². The molecule has 1 N–H and O–H groups in total. The van der Waals surface area contributed by atoms with Crippen LogP contribution in [0.5, 0.6) is 0 Å². The fraction of sp³-hybridized carbons (Fsp3) is 0.714. The van der Waals surface area contributed by atoms with E-state index in [-0.39, 0.29) is 0 Å². The minimum absolute atomic E-state index is 0.470. The van der Waals surface area contributed by atoms with E-state index in [2.05, 4.69) is 29.1 Å². The highest BCUT2D eigenvalue weighted by Gasteiger charge is 2.24. The Bertz CT molecular complexity index is 416. The summed E-state index contributed by atoms with van der Waals surface area (Å²) in [6, 6.07) is 0.470. The molecule has 0 bridgehead atoms. The van der Waals surface area contributed by atoms with E-state index < -0.39 is 0 Å². The Morgan fingerprint density at radius 3 is 2.67 bits per heavy atom. The lowest BCUT2D eigenvalue weighted by molar-refractivity contribution is 0.285. The largest absolute Gasteiger partial charge is 0.367 e. The highest BCUT2D eigenvalue weighted by atomic mass is 35.5. The fourth-order valence-corrected chi connectivity index (χ4v) is 2.47. The second kappa shape index (κ2) is 5.87. The molecule has 1 fully saturated rings. The average Bonchev–Trinajstić information content (AvgIpc) is 2.23. The zero-order valence-corrected chi connectivity index (χ0v) is 12.2. The monoisotopic (exact) mass is 267 g/mol. The molecule has 3 nitrogen and oxygen atoms in total. The van der Waals surface area contributed by atoms with Gasteiger partial charge in [0.1, 0.15) is 16.8 Å². The molecule has 0 aliphatic heterocycles. The SMILES string of the molecule is CCCc1nc(Cl)c(C)c(NC(C)C2CCC2)n1. The number of hydrogen-bond donors (Lipinski definition) is 1. The molecule has 4 heteroatoms. The zero-order chi connectivity index (χ0) is 13.1. The molecular formula is C14H22ClN3. The third kappa shape index (κ3) is 2.94. The number of nitrogens with one attached hydrogen (secondary N) is 1. The lowest BCUT2D eigenvalue weighted by Gasteiger charge is -2.32. The molecular weight excluding hydrogens is 246 g/mol. The van der Waals surface area contributed by atoms with Crippen molar-refractivity contribution in [2.24, 2.45) is 5.92 Å². The van der Waals surface area contributed by atoms with E-state index in [1.54, 1.807) is 0 Å². The quantitative estimate of drug-likeness (QED) is 0.820. The first-order valence-electron chi connectivity index (χ1n) is 6.91. The maximum atomic E-state index is 6.17. The first kappa shape index (κ1) is 13.6. The second-order valence-corrected chi connectivity index (χ2v) is 5.64. The Morgan fingerprint density at radius 2 is 2.11 bits per heavy atom. The van der Waals surface area contributed by atoms with Crippen LogP contribution in [0.4, 0.5) is 5.82 Å². The van der Waals surface area contributed by atoms with Crippen LogP contribution in [0.25, 0.3) is 0 Å².